The highest BCUT2D eigenvalue weighted by molar-refractivity contribution is 7.92. The first-order chi connectivity index (χ1) is 22.5. The van der Waals surface area contributed by atoms with Crippen LogP contribution in [-0.4, -0.2) is 43.8 Å². The molecule has 4 aromatic carbocycles. The molecule has 0 aliphatic heterocycles. The number of rotatable bonds is 12. The molecule has 0 spiro atoms. The molecule has 4 aromatic rings. The number of sulfonamides is 1. The van der Waals surface area contributed by atoms with Crippen molar-refractivity contribution in [2.45, 2.75) is 69.5 Å². The standard InChI is InChI=1S/C37H39Cl2N3O4S/c1-26-15-17-34(18-16-26)47(45,46)42(33-22-30(38)21-31(39)23-33)25-36(43)41(24-29-12-8-9-27(2)19-29)35(20-28-10-4-3-5-11-28)37(44)40-32-13-6-7-14-32/h3-5,8-12,15-19,21-23,32,35H,6-7,13-14,20,24-25H2,1-2H3,(H,40,44)/t35-/m1/s1. The zero-order valence-corrected chi connectivity index (χ0v) is 28.9. The van der Waals surface area contributed by atoms with Crippen molar-refractivity contribution in [3.63, 3.8) is 0 Å². The molecule has 1 saturated carbocycles. The highest BCUT2D eigenvalue weighted by Crippen LogP contribution is 2.30. The summed E-state index contributed by atoms with van der Waals surface area (Å²) >= 11 is 12.7. The van der Waals surface area contributed by atoms with Gasteiger partial charge in [0.1, 0.15) is 12.6 Å². The lowest BCUT2D eigenvalue weighted by molar-refractivity contribution is -0.140. The van der Waals surface area contributed by atoms with Crippen LogP contribution in [0.15, 0.2) is 102 Å². The highest BCUT2D eigenvalue weighted by Gasteiger charge is 2.35. The minimum absolute atomic E-state index is 0.0112. The molecule has 246 valence electrons. The summed E-state index contributed by atoms with van der Waals surface area (Å²) in [6.07, 6.45) is 4.09. The zero-order valence-electron chi connectivity index (χ0n) is 26.5. The Morgan fingerprint density at radius 2 is 1.45 bits per heavy atom. The number of benzene rings is 4. The van der Waals surface area contributed by atoms with Gasteiger partial charge < -0.3 is 10.2 Å². The van der Waals surface area contributed by atoms with Gasteiger partial charge in [0, 0.05) is 29.1 Å². The van der Waals surface area contributed by atoms with Gasteiger partial charge in [-0.25, -0.2) is 8.42 Å². The summed E-state index contributed by atoms with van der Waals surface area (Å²) in [6, 6.07) is 27.2. The molecule has 1 aliphatic rings. The summed E-state index contributed by atoms with van der Waals surface area (Å²) in [5.41, 5.74) is 3.73. The van der Waals surface area contributed by atoms with E-state index < -0.39 is 28.5 Å². The van der Waals surface area contributed by atoms with Crippen LogP contribution in [-0.2, 0) is 32.6 Å². The van der Waals surface area contributed by atoms with E-state index in [0.29, 0.717) is 0 Å². The summed E-state index contributed by atoms with van der Waals surface area (Å²) in [5.74, 6) is -0.804. The van der Waals surface area contributed by atoms with E-state index in [-0.39, 0.29) is 45.5 Å². The van der Waals surface area contributed by atoms with E-state index in [0.717, 1.165) is 52.2 Å². The first-order valence-corrected chi connectivity index (χ1v) is 17.9. The number of nitrogens with one attached hydrogen (secondary N) is 1. The van der Waals surface area contributed by atoms with E-state index in [9.17, 15) is 18.0 Å². The molecule has 1 N–H and O–H groups in total. The molecule has 7 nitrogen and oxygen atoms in total. The molecular formula is C37H39Cl2N3O4S. The van der Waals surface area contributed by atoms with Crippen LogP contribution in [0, 0.1) is 13.8 Å². The highest BCUT2D eigenvalue weighted by atomic mass is 35.5. The van der Waals surface area contributed by atoms with Gasteiger partial charge in [-0.3, -0.25) is 13.9 Å². The molecule has 47 heavy (non-hydrogen) atoms. The van der Waals surface area contributed by atoms with Crippen molar-refractivity contribution in [1.29, 1.82) is 0 Å². The van der Waals surface area contributed by atoms with E-state index in [1.54, 1.807) is 12.1 Å². The van der Waals surface area contributed by atoms with Crippen LogP contribution in [0.4, 0.5) is 5.69 Å². The molecule has 0 aromatic heterocycles. The predicted molar refractivity (Wildman–Crippen MR) is 188 cm³/mol. The number of aryl methyl sites for hydroxylation is 2. The van der Waals surface area contributed by atoms with Gasteiger partial charge in [-0.15, -0.1) is 0 Å². The first kappa shape index (κ1) is 34.5. The Morgan fingerprint density at radius 3 is 2.09 bits per heavy atom. The van der Waals surface area contributed by atoms with Crippen LogP contribution in [0.1, 0.15) is 47.9 Å². The number of anilines is 1. The second-order valence-corrected chi connectivity index (χ2v) is 14.9. The molecular weight excluding hydrogens is 653 g/mol. The number of hydrogen-bond donors (Lipinski definition) is 1. The topological polar surface area (TPSA) is 86.8 Å². The Labute approximate surface area is 287 Å². The average Bonchev–Trinajstić information content (AvgIpc) is 3.54. The minimum atomic E-state index is -4.27. The third kappa shape index (κ3) is 8.95. The summed E-state index contributed by atoms with van der Waals surface area (Å²) in [7, 11) is -4.27. The van der Waals surface area contributed by atoms with E-state index in [1.807, 2.05) is 68.4 Å². The van der Waals surface area contributed by atoms with Crippen molar-refractivity contribution < 1.29 is 18.0 Å². The molecule has 0 radical (unpaired) electrons. The van der Waals surface area contributed by atoms with Crippen LogP contribution < -0.4 is 9.62 Å². The molecule has 0 saturated heterocycles. The lowest BCUT2D eigenvalue weighted by Gasteiger charge is -2.34. The fourth-order valence-electron chi connectivity index (χ4n) is 5.98. The molecule has 0 bridgehead atoms. The van der Waals surface area contributed by atoms with E-state index in [4.69, 9.17) is 23.2 Å². The lowest BCUT2D eigenvalue weighted by atomic mass is 10.0. The van der Waals surface area contributed by atoms with Crippen molar-refractivity contribution in [1.82, 2.24) is 10.2 Å². The molecule has 1 aliphatic carbocycles. The van der Waals surface area contributed by atoms with Gasteiger partial charge in [0.25, 0.3) is 10.0 Å². The first-order valence-electron chi connectivity index (χ1n) is 15.7. The largest absolute Gasteiger partial charge is 0.352 e. The summed E-state index contributed by atoms with van der Waals surface area (Å²) in [4.78, 5) is 30.3. The van der Waals surface area contributed by atoms with Gasteiger partial charge in [0.2, 0.25) is 11.8 Å². The molecule has 0 heterocycles. The van der Waals surface area contributed by atoms with Crippen molar-refractivity contribution in [3.8, 4) is 0 Å². The van der Waals surface area contributed by atoms with Crippen LogP contribution in [0.2, 0.25) is 10.0 Å². The van der Waals surface area contributed by atoms with Gasteiger partial charge in [0.15, 0.2) is 0 Å². The van der Waals surface area contributed by atoms with Crippen molar-refractivity contribution >= 4 is 50.7 Å². The quantitative estimate of drug-likeness (QED) is 0.167. The summed E-state index contributed by atoms with van der Waals surface area (Å²) < 4.78 is 29.5. The van der Waals surface area contributed by atoms with Crippen molar-refractivity contribution in [2.75, 3.05) is 10.8 Å². The summed E-state index contributed by atoms with van der Waals surface area (Å²) in [5, 5.41) is 3.64. The average molecular weight is 693 g/mol. The zero-order chi connectivity index (χ0) is 33.6. The number of carbonyl (C=O) groups is 2. The fraction of sp³-hybridized carbons (Fsp3) is 0.297. The van der Waals surface area contributed by atoms with Gasteiger partial charge >= 0.3 is 0 Å². The minimum Gasteiger partial charge on any atom is -0.352 e. The van der Waals surface area contributed by atoms with Crippen molar-refractivity contribution in [3.05, 3.63) is 129 Å². The smallest absolute Gasteiger partial charge is 0.264 e. The molecule has 1 atom stereocenters. The van der Waals surface area contributed by atoms with E-state index in [1.165, 1.54) is 35.2 Å². The maximum atomic E-state index is 14.7. The fourth-order valence-corrected chi connectivity index (χ4v) is 7.89. The number of carbonyl (C=O) groups excluding carboxylic acids is 2. The molecule has 10 heteroatoms. The molecule has 0 unspecified atom stereocenters. The lowest BCUT2D eigenvalue weighted by Crippen LogP contribution is -2.54. The van der Waals surface area contributed by atoms with Crippen LogP contribution in [0.3, 0.4) is 0 Å². The van der Waals surface area contributed by atoms with Gasteiger partial charge in [0.05, 0.1) is 10.6 Å². The van der Waals surface area contributed by atoms with Crippen LogP contribution >= 0.6 is 23.2 Å². The van der Waals surface area contributed by atoms with Gasteiger partial charge in [-0.05, 0) is 68.1 Å². The Hall–Kier alpha value is -3.85. The number of amides is 2. The summed E-state index contributed by atoms with van der Waals surface area (Å²) in [6.45, 7) is 3.34. The van der Waals surface area contributed by atoms with Crippen molar-refractivity contribution in [2.24, 2.45) is 0 Å². The number of nitrogens with zero attached hydrogens (tertiary/aromatic N) is 2. The number of halogens is 2. The Bertz CT molecular complexity index is 1790. The third-order valence-electron chi connectivity index (χ3n) is 8.43. The Balaban J connectivity index is 1.58. The maximum Gasteiger partial charge on any atom is 0.264 e. The van der Waals surface area contributed by atoms with Crippen LogP contribution in [0.5, 0.6) is 0 Å². The molecule has 5 rings (SSSR count). The Morgan fingerprint density at radius 1 is 0.809 bits per heavy atom. The number of hydrogen-bond acceptors (Lipinski definition) is 4. The SMILES string of the molecule is Cc1ccc(S(=O)(=O)N(CC(=O)N(Cc2cccc(C)c2)[C@H](Cc2ccccc2)C(=O)NC2CCCC2)c2cc(Cl)cc(Cl)c2)cc1. The van der Waals surface area contributed by atoms with E-state index in [2.05, 4.69) is 5.32 Å². The van der Waals surface area contributed by atoms with E-state index >= 15 is 0 Å². The second kappa shape index (κ2) is 15.4. The monoisotopic (exact) mass is 691 g/mol. The maximum absolute atomic E-state index is 14.7. The third-order valence-corrected chi connectivity index (χ3v) is 10.7. The molecule has 1 fully saturated rings. The van der Waals surface area contributed by atoms with Gasteiger partial charge in [-0.1, -0.05) is 114 Å². The normalized spacial score (nSPS) is 14.0. The molecule has 2 amide bonds. The predicted octanol–water partition coefficient (Wildman–Crippen LogP) is 7.50. The second-order valence-electron chi connectivity index (χ2n) is 12.2. The van der Waals surface area contributed by atoms with Crippen LogP contribution in [0.25, 0.3) is 0 Å². The van der Waals surface area contributed by atoms with Gasteiger partial charge in [-0.2, -0.15) is 0 Å². The Kier molecular flexibility index (Phi) is 11.3.